The minimum absolute atomic E-state index is 0.166. The summed E-state index contributed by atoms with van der Waals surface area (Å²) in [6.45, 7) is 4.03. The van der Waals surface area contributed by atoms with Gasteiger partial charge in [0.25, 0.3) is 0 Å². The first-order valence-electron chi connectivity index (χ1n) is 7.86. The van der Waals surface area contributed by atoms with Gasteiger partial charge in [0.05, 0.1) is 11.6 Å². The molecule has 1 aromatic heterocycles. The van der Waals surface area contributed by atoms with Crippen LogP contribution in [0.5, 0.6) is 0 Å². The third-order valence-corrected chi connectivity index (χ3v) is 5.00. The molecular weight excluding hydrogens is 381 g/mol. The average Bonchev–Trinajstić information content (AvgIpc) is 2.94. The van der Waals surface area contributed by atoms with E-state index in [0.29, 0.717) is 26.3 Å². The standard InChI is InChI=1S/C19H16Cl3NO2/c1-3-25-19(24)18-16(10(2)12-6-4-5-7-13(12)21)17-14(22)8-11(20)9-15(17)23-18/h4-10,23H,3H2,1-2H3. The molecule has 0 radical (unpaired) electrons. The molecule has 0 aliphatic heterocycles. The Morgan fingerprint density at radius 2 is 1.88 bits per heavy atom. The number of aromatic nitrogens is 1. The number of rotatable bonds is 4. The molecular formula is C19H16Cl3NO2. The van der Waals surface area contributed by atoms with Gasteiger partial charge >= 0.3 is 5.97 Å². The van der Waals surface area contributed by atoms with E-state index in [1.807, 2.05) is 31.2 Å². The predicted octanol–water partition coefficient (Wildman–Crippen LogP) is 6.46. The van der Waals surface area contributed by atoms with Crippen molar-refractivity contribution in [3.8, 4) is 0 Å². The summed E-state index contributed by atoms with van der Waals surface area (Å²) in [5.74, 6) is -0.597. The van der Waals surface area contributed by atoms with Crippen LogP contribution in [0.1, 0.15) is 41.4 Å². The van der Waals surface area contributed by atoms with Gasteiger partial charge in [0.1, 0.15) is 5.69 Å². The first-order chi connectivity index (χ1) is 11.9. The lowest BCUT2D eigenvalue weighted by molar-refractivity contribution is 0.0519. The SMILES string of the molecule is CCOC(=O)c1[nH]c2cc(Cl)cc(Cl)c2c1C(C)c1ccccc1Cl. The van der Waals surface area contributed by atoms with Gasteiger partial charge in [-0.05, 0) is 30.7 Å². The second-order valence-electron chi connectivity index (χ2n) is 5.69. The minimum atomic E-state index is -0.431. The molecule has 0 bridgehead atoms. The number of ether oxygens (including phenoxy) is 1. The molecule has 0 aliphatic carbocycles. The average molecular weight is 397 g/mol. The highest BCUT2D eigenvalue weighted by atomic mass is 35.5. The maximum absolute atomic E-state index is 12.5. The molecule has 6 heteroatoms. The van der Waals surface area contributed by atoms with Crippen LogP contribution in [-0.4, -0.2) is 17.6 Å². The fraction of sp³-hybridized carbons (Fsp3) is 0.211. The van der Waals surface area contributed by atoms with Gasteiger partial charge in [-0.15, -0.1) is 0 Å². The highest BCUT2D eigenvalue weighted by Crippen LogP contribution is 2.40. The number of halogens is 3. The lowest BCUT2D eigenvalue weighted by atomic mass is 9.90. The number of esters is 1. The number of H-pyrrole nitrogens is 1. The third-order valence-electron chi connectivity index (χ3n) is 4.14. The Morgan fingerprint density at radius 3 is 2.56 bits per heavy atom. The van der Waals surface area contributed by atoms with E-state index in [0.717, 1.165) is 16.5 Å². The zero-order valence-corrected chi connectivity index (χ0v) is 16.0. The molecule has 3 rings (SSSR count). The van der Waals surface area contributed by atoms with Crippen molar-refractivity contribution in [3.63, 3.8) is 0 Å². The van der Waals surface area contributed by atoms with Crippen LogP contribution < -0.4 is 0 Å². The number of carbonyl (C=O) groups excluding carboxylic acids is 1. The van der Waals surface area contributed by atoms with Crippen molar-refractivity contribution < 1.29 is 9.53 Å². The molecule has 1 unspecified atom stereocenters. The Kier molecular flexibility index (Phi) is 5.28. The predicted molar refractivity (Wildman–Crippen MR) is 103 cm³/mol. The summed E-state index contributed by atoms with van der Waals surface area (Å²) in [6.07, 6.45) is 0. The summed E-state index contributed by atoms with van der Waals surface area (Å²) in [6, 6.07) is 10.9. The Labute approximate surface area is 160 Å². The molecule has 0 amide bonds. The molecule has 0 fully saturated rings. The zero-order valence-electron chi connectivity index (χ0n) is 13.7. The molecule has 130 valence electrons. The molecule has 0 saturated heterocycles. The Balaban J connectivity index is 2.29. The van der Waals surface area contributed by atoms with E-state index in [1.165, 1.54) is 0 Å². The van der Waals surface area contributed by atoms with Crippen LogP contribution in [-0.2, 0) is 4.74 Å². The van der Waals surface area contributed by atoms with Crippen LogP contribution in [0, 0.1) is 0 Å². The minimum Gasteiger partial charge on any atom is -0.461 e. The second kappa shape index (κ2) is 7.28. The monoisotopic (exact) mass is 395 g/mol. The van der Waals surface area contributed by atoms with Gasteiger partial charge in [0.15, 0.2) is 0 Å². The number of carbonyl (C=O) groups is 1. The maximum atomic E-state index is 12.5. The van der Waals surface area contributed by atoms with Crippen LogP contribution in [0.15, 0.2) is 36.4 Å². The van der Waals surface area contributed by atoms with Gasteiger partial charge in [0.2, 0.25) is 0 Å². The molecule has 2 aromatic carbocycles. The van der Waals surface area contributed by atoms with Crippen LogP contribution in [0.25, 0.3) is 10.9 Å². The number of aromatic amines is 1. The molecule has 1 heterocycles. The number of hydrogen-bond acceptors (Lipinski definition) is 2. The summed E-state index contributed by atoms with van der Waals surface area (Å²) in [5, 5.41) is 2.35. The summed E-state index contributed by atoms with van der Waals surface area (Å²) in [7, 11) is 0. The smallest absolute Gasteiger partial charge is 0.355 e. The van der Waals surface area contributed by atoms with Crippen molar-refractivity contribution in [2.75, 3.05) is 6.61 Å². The molecule has 1 atom stereocenters. The largest absolute Gasteiger partial charge is 0.461 e. The fourth-order valence-corrected chi connectivity index (χ4v) is 3.95. The number of nitrogens with one attached hydrogen (secondary N) is 1. The topological polar surface area (TPSA) is 42.1 Å². The van der Waals surface area contributed by atoms with Gasteiger partial charge in [0, 0.05) is 32.4 Å². The van der Waals surface area contributed by atoms with Gasteiger partial charge in [-0.2, -0.15) is 0 Å². The van der Waals surface area contributed by atoms with Gasteiger partial charge < -0.3 is 9.72 Å². The van der Waals surface area contributed by atoms with Crippen LogP contribution in [0.3, 0.4) is 0 Å². The molecule has 3 nitrogen and oxygen atoms in total. The number of fused-ring (bicyclic) bond motifs is 1. The summed E-state index contributed by atoms with van der Waals surface area (Å²) in [5.41, 5.74) is 2.72. The van der Waals surface area contributed by atoms with E-state index in [1.54, 1.807) is 19.1 Å². The number of benzene rings is 2. The van der Waals surface area contributed by atoms with Crippen molar-refractivity contribution in [1.82, 2.24) is 4.98 Å². The van der Waals surface area contributed by atoms with E-state index in [9.17, 15) is 4.79 Å². The van der Waals surface area contributed by atoms with Gasteiger partial charge in [-0.1, -0.05) is 59.9 Å². The summed E-state index contributed by atoms with van der Waals surface area (Å²) in [4.78, 5) is 15.6. The van der Waals surface area contributed by atoms with Crippen molar-refractivity contribution in [1.29, 1.82) is 0 Å². The van der Waals surface area contributed by atoms with Crippen molar-refractivity contribution in [2.24, 2.45) is 0 Å². The molecule has 0 spiro atoms. The van der Waals surface area contributed by atoms with Gasteiger partial charge in [-0.3, -0.25) is 0 Å². The second-order valence-corrected chi connectivity index (χ2v) is 6.94. The lowest BCUT2D eigenvalue weighted by Crippen LogP contribution is -2.10. The van der Waals surface area contributed by atoms with E-state index in [-0.39, 0.29) is 12.5 Å². The molecule has 0 aliphatic rings. The Hall–Kier alpha value is -1.68. The molecule has 1 N–H and O–H groups in total. The first kappa shape index (κ1) is 18.1. The van der Waals surface area contributed by atoms with Crippen molar-refractivity contribution in [3.05, 3.63) is 68.3 Å². The zero-order chi connectivity index (χ0) is 18.1. The van der Waals surface area contributed by atoms with Crippen LogP contribution in [0.2, 0.25) is 15.1 Å². The lowest BCUT2D eigenvalue weighted by Gasteiger charge is -2.15. The first-order valence-corrected chi connectivity index (χ1v) is 8.99. The highest BCUT2D eigenvalue weighted by Gasteiger charge is 2.26. The van der Waals surface area contributed by atoms with Crippen molar-refractivity contribution in [2.45, 2.75) is 19.8 Å². The quantitative estimate of drug-likeness (QED) is 0.514. The number of hydrogen-bond donors (Lipinski definition) is 1. The summed E-state index contributed by atoms with van der Waals surface area (Å²) >= 11 is 18.9. The normalized spacial score (nSPS) is 12.4. The van der Waals surface area contributed by atoms with E-state index >= 15 is 0 Å². The van der Waals surface area contributed by atoms with E-state index in [4.69, 9.17) is 39.5 Å². The fourth-order valence-electron chi connectivity index (χ4n) is 3.05. The van der Waals surface area contributed by atoms with E-state index in [2.05, 4.69) is 4.98 Å². The Bertz CT molecular complexity index is 949. The highest BCUT2D eigenvalue weighted by molar-refractivity contribution is 6.39. The maximum Gasteiger partial charge on any atom is 0.355 e. The molecule has 3 aromatic rings. The Morgan fingerprint density at radius 1 is 1.16 bits per heavy atom. The summed E-state index contributed by atoms with van der Waals surface area (Å²) < 4.78 is 5.21. The van der Waals surface area contributed by atoms with Gasteiger partial charge in [-0.25, -0.2) is 4.79 Å². The van der Waals surface area contributed by atoms with E-state index < -0.39 is 5.97 Å². The van der Waals surface area contributed by atoms with Crippen LogP contribution >= 0.6 is 34.8 Å². The van der Waals surface area contributed by atoms with Crippen LogP contribution in [0.4, 0.5) is 0 Å². The van der Waals surface area contributed by atoms with Crippen molar-refractivity contribution >= 4 is 51.7 Å². The molecule has 25 heavy (non-hydrogen) atoms. The third kappa shape index (κ3) is 3.37. The molecule has 0 saturated carbocycles.